The Kier molecular flexibility index (Phi) is 7.10. The Bertz CT molecular complexity index is 696. The second-order valence-corrected chi connectivity index (χ2v) is 6.77. The van der Waals surface area contributed by atoms with Crippen LogP contribution in [0.25, 0.3) is 0 Å². The molecule has 1 aromatic carbocycles. The van der Waals surface area contributed by atoms with Gasteiger partial charge in [0, 0.05) is 6.04 Å². The van der Waals surface area contributed by atoms with E-state index in [-0.39, 0.29) is 17.2 Å². The quantitative estimate of drug-likeness (QED) is 0.407. The van der Waals surface area contributed by atoms with Crippen LogP contribution in [0.4, 0.5) is 0 Å². The van der Waals surface area contributed by atoms with Gasteiger partial charge in [-0.15, -0.1) is 0 Å². The van der Waals surface area contributed by atoms with Gasteiger partial charge in [-0.2, -0.15) is 0 Å². The summed E-state index contributed by atoms with van der Waals surface area (Å²) in [7, 11) is 0. The predicted molar refractivity (Wildman–Crippen MR) is 99.1 cm³/mol. The fraction of sp³-hybridized carbons (Fsp3) is 0.500. The van der Waals surface area contributed by atoms with Crippen molar-refractivity contribution in [2.45, 2.75) is 58.5 Å². The number of rotatable bonds is 9. The van der Waals surface area contributed by atoms with E-state index in [0.717, 1.165) is 30.6 Å². The van der Waals surface area contributed by atoms with Crippen LogP contribution in [0.3, 0.4) is 0 Å². The summed E-state index contributed by atoms with van der Waals surface area (Å²) >= 11 is 0. The number of benzene rings is 1. The molecule has 0 aromatic heterocycles. The van der Waals surface area contributed by atoms with Gasteiger partial charge in [0.25, 0.3) is 17.7 Å². The van der Waals surface area contributed by atoms with Crippen molar-refractivity contribution in [1.29, 1.82) is 0 Å². The molecule has 3 amide bonds. The SMILES string of the molecule is CCCCC[C@H](C)NC(=O)COC(=O)[C@@H](C)N1C(=O)c2ccccc2C1=O. The minimum absolute atomic E-state index is 0.00332. The second kappa shape index (κ2) is 9.30. The van der Waals surface area contributed by atoms with Gasteiger partial charge >= 0.3 is 5.97 Å². The number of nitrogens with one attached hydrogen (secondary N) is 1. The Morgan fingerprint density at radius 2 is 1.67 bits per heavy atom. The predicted octanol–water partition coefficient (Wildman–Crippen LogP) is 2.30. The smallest absolute Gasteiger partial charge is 0.329 e. The van der Waals surface area contributed by atoms with Crippen LogP contribution in [0.15, 0.2) is 24.3 Å². The molecule has 27 heavy (non-hydrogen) atoms. The van der Waals surface area contributed by atoms with E-state index < -0.39 is 36.3 Å². The summed E-state index contributed by atoms with van der Waals surface area (Å²) in [5.41, 5.74) is 0.529. The summed E-state index contributed by atoms with van der Waals surface area (Å²) in [6.07, 6.45) is 4.09. The van der Waals surface area contributed by atoms with Gasteiger partial charge in [-0.05, 0) is 32.4 Å². The number of imide groups is 1. The minimum atomic E-state index is -1.10. The number of carbonyl (C=O) groups is 4. The Morgan fingerprint density at radius 3 is 2.22 bits per heavy atom. The lowest BCUT2D eigenvalue weighted by atomic mass is 10.1. The van der Waals surface area contributed by atoms with Crippen LogP contribution < -0.4 is 5.32 Å². The van der Waals surface area contributed by atoms with E-state index in [1.807, 2.05) is 6.92 Å². The highest BCUT2D eigenvalue weighted by Crippen LogP contribution is 2.24. The third kappa shape index (κ3) is 4.93. The zero-order valence-corrected chi connectivity index (χ0v) is 16.0. The monoisotopic (exact) mass is 374 g/mol. The Hall–Kier alpha value is -2.70. The van der Waals surface area contributed by atoms with Crippen molar-refractivity contribution in [3.8, 4) is 0 Å². The Balaban J connectivity index is 1.85. The van der Waals surface area contributed by atoms with Crippen LogP contribution >= 0.6 is 0 Å². The van der Waals surface area contributed by atoms with E-state index in [1.54, 1.807) is 24.3 Å². The number of unbranched alkanes of at least 4 members (excludes halogenated alkanes) is 2. The standard InChI is InChI=1S/C20H26N2O5/c1-4-5-6-9-13(2)21-17(23)12-27-20(26)14(3)22-18(24)15-10-7-8-11-16(15)19(22)25/h7-8,10-11,13-14H,4-6,9,12H2,1-3H3,(H,21,23)/t13-,14+/m0/s1. The molecule has 7 heteroatoms. The first-order chi connectivity index (χ1) is 12.9. The van der Waals surface area contributed by atoms with Crippen molar-refractivity contribution in [3.05, 3.63) is 35.4 Å². The van der Waals surface area contributed by atoms with E-state index >= 15 is 0 Å². The number of hydrogen-bond donors (Lipinski definition) is 1. The molecule has 0 saturated carbocycles. The molecule has 0 unspecified atom stereocenters. The van der Waals surface area contributed by atoms with Gasteiger partial charge in [-0.25, -0.2) is 4.79 Å². The van der Waals surface area contributed by atoms with Gasteiger partial charge < -0.3 is 10.1 Å². The maximum atomic E-state index is 12.4. The van der Waals surface area contributed by atoms with Gasteiger partial charge in [0.15, 0.2) is 6.61 Å². The second-order valence-electron chi connectivity index (χ2n) is 6.77. The summed E-state index contributed by atoms with van der Waals surface area (Å²) in [5, 5.41) is 2.77. The lowest BCUT2D eigenvalue weighted by molar-refractivity contribution is -0.152. The van der Waals surface area contributed by atoms with Crippen LogP contribution in [0.5, 0.6) is 0 Å². The molecular formula is C20H26N2O5. The number of carbonyl (C=O) groups excluding carboxylic acids is 4. The lowest BCUT2D eigenvalue weighted by Gasteiger charge is -2.21. The van der Waals surface area contributed by atoms with Crippen LogP contribution in [0.1, 0.15) is 67.2 Å². The van der Waals surface area contributed by atoms with Crippen LogP contribution in [0.2, 0.25) is 0 Å². The summed E-state index contributed by atoms with van der Waals surface area (Å²) in [6.45, 7) is 4.98. The van der Waals surface area contributed by atoms with E-state index in [9.17, 15) is 19.2 Å². The molecule has 0 bridgehead atoms. The number of esters is 1. The molecule has 0 spiro atoms. The average Bonchev–Trinajstić information content (AvgIpc) is 2.90. The average molecular weight is 374 g/mol. The van der Waals surface area contributed by atoms with E-state index in [0.29, 0.717) is 0 Å². The molecule has 2 atom stereocenters. The van der Waals surface area contributed by atoms with Gasteiger partial charge in [0.1, 0.15) is 6.04 Å². The van der Waals surface area contributed by atoms with Crippen molar-refractivity contribution in [1.82, 2.24) is 10.2 Å². The minimum Gasteiger partial charge on any atom is -0.454 e. The molecular weight excluding hydrogens is 348 g/mol. The summed E-state index contributed by atoms with van der Waals surface area (Å²) in [6, 6.07) is 5.29. The highest BCUT2D eigenvalue weighted by molar-refractivity contribution is 6.22. The van der Waals surface area contributed by atoms with E-state index in [2.05, 4.69) is 12.2 Å². The third-order valence-electron chi connectivity index (χ3n) is 4.55. The van der Waals surface area contributed by atoms with Crippen molar-refractivity contribution in [2.24, 2.45) is 0 Å². The van der Waals surface area contributed by atoms with Crippen molar-refractivity contribution >= 4 is 23.7 Å². The molecule has 1 aliphatic heterocycles. The fourth-order valence-electron chi connectivity index (χ4n) is 3.01. The maximum absolute atomic E-state index is 12.4. The summed E-state index contributed by atoms with van der Waals surface area (Å²) < 4.78 is 5.00. The van der Waals surface area contributed by atoms with Crippen molar-refractivity contribution in [2.75, 3.05) is 6.61 Å². The molecule has 0 saturated heterocycles. The van der Waals surface area contributed by atoms with Gasteiger partial charge in [-0.1, -0.05) is 38.3 Å². The highest BCUT2D eigenvalue weighted by atomic mass is 16.5. The number of nitrogens with zero attached hydrogens (tertiary/aromatic N) is 1. The van der Waals surface area contributed by atoms with Gasteiger partial charge in [0.2, 0.25) is 0 Å². The molecule has 1 aliphatic rings. The number of ether oxygens (including phenoxy) is 1. The normalized spacial score (nSPS) is 15.3. The zero-order chi connectivity index (χ0) is 20.0. The molecule has 0 aliphatic carbocycles. The first-order valence-electron chi connectivity index (χ1n) is 9.29. The largest absolute Gasteiger partial charge is 0.454 e. The first kappa shape index (κ1) is 20.6. The molecule has 2 rings (SSSR count). The summed E-state index contributed by atoms with van der Waals surface area (Å²) in [4.78, 5) is 49.8. The molecule has 7 nitrogen and oxygen atoms in total. The lowest BCUT2D eigenvalue weighted by Crippen LogP contribution is -2.45. The first-order valence-corrected chi connectivity index (χ1v) is 9.29. The molecule has 1 N–H and O–H groups in total. The number of hydrogen-bond acceptors (Lipinski definition) is 5. The zero-order valence-electron chi connectivity index (χ0n) is 16.0. The molecule has 1 aromatic rings. The topological polar surface area (TPSA) is 92.8 Å². The highest BCUT2D eigenvalue weighted by Gasteiger charge is 2.41. The molecule has 0 fully saturated rings. The Morgan fingerprint density at radius 1 is 1.07 bits per heavy atom. The number of fused-ring (bicyclic) bond motifs is 1. The third-order valence-corrected chi connectivity index (χ3v) is 4.55. The van der Waals surface area contributed by atoms with Crippen molar-refractivity contribution in [3.63, 3.8) is 0 Å². The fourth-order valence-corrected chi connectivity index (χ4v) is 3.01. The van der Waals surface area contributed by atoms with Crippen LogP contribution in [-0.4, -0.2) is 47.3 Å². The number of amides is 3. The van der Waals surface area contributed by atoms with Crippen LogP contribution in [-0.2, 0) is 14.3 Å². The van der Waals surface area contributed by atoms with Gasteiger partial charge in [0.05, 0.1) is 11.1 Å². The Labute approximate surface area is 159 Å². The van der Waals surface area contributed by atoms with Gasteiger partial charge in [-0.3, -0.25) is 19.3 Å². The van der Waals surface area contributed by atoms with E-state index in [1.165, 1.54) is 6.92 Å². The summed E-state index contributed by atoms with van der Waals surface area (Å²) in [5.74, 6) is -2.26. The van der Waals surface area contributed by atoms with E-state index in [4.69, 9.17) is 4.74 Å². The molecule has 1 heterocycles. The van der Waals surface area contributed by atoms with Crippen molar-refractivity contribution < 1.29 is 23.9 Å². The molecule has 0 radical (unpaired) electrons. The maximum Gasteiger partial charge on any atom is 0.329 e. The molecule has 146 valence electrons. The van der Waals surface area contributed by atoms with Crippen LogP contribution in [0, 0.1) is 0 Å².